The van der Waals surface area contributed by atoms with Gasteiger partial charge in [-0.2, -0.15) is 0 Å². The van der Waals surface area contributed by atoms with Gasteiger partial charge in [0.1, 0.15) is 5.60 Å². The lowest BCUT2D eigenvalue weighted by Crippen LogP contribution is -2.19. The Balaban J connectivity index is 2.21. The maximum absolute atomic E-state index is 11.1. The second-order valence-electron chi connectivity index (χ2n) is 3.83. The van der Waals surface area contributed by atoms with Crippen molar-refractivity contribution >= 4 is 6.16 Å². The minimum absolute atomic E-state index is 0.339. The molecule has 0 radical (unpaired) electrons. The van der Waals surface area contributed by atoms with E-state index in [1.807, 2.05) is 13.8 Å². The molecule has 0 atom stereocenters. The van der Waals surface area contributed by atoms with Gasteiger partial charge in [-0.1, -0.05) is 20.4 Å². The summed E-state index contributed by atoms with van der Waals surface area (Å²) in [4.78, 5) is 11.1. The van der Waals surface area contributed by atoms with Crippen LogP contribution >= 0.6 is 0 Å². The zero-order chi connectivity index (χ0) is 9.90. The van der Waals surface area contributed by atoms with E-state index in [1.165, 1.54) is 0 Å². The molecule has 0 aromatic heterocycles. The Labute approximate surface area is 78.7 Å². The molecule has 0 aromatic rings. The van der Waals surface area contributed by atoms with Crippen LogP contribution in [0.3, 0.4) is 0 Å². The Morgan fingerprint density at radius 3 is 2.62 bits per heavy atom. The molecule has 1 aliphatic carbocycles. The molecule has 3 heteroatoms. The molecule has 0 amide bonds. The predicted octanol–water partition coefficient (Wildman–Crippen LogP) is 2.51. The molecule has 0 aliphatic heterocycles. The number of rotatable bonds is 4. The van der Waals surface area contributed by atoms with Crippen molar-refractivity contribution in [1.29, 1.82) is 0 Å². The summed E-state index contributed by atoms with van der Waals surface area (Å²) in [7, 11) is 0. The zero-order valence-electron chi connectivity index (χ0n) is 8.21. The summed E-state index contributed by atoms with van der Waals surface area (Å²) in [6.45, 7) is 7.98. The van der Waals surface area contributed by atoms with Crippen LogP contribution in [0.5, 0.6) is 0 Å². The van der Waals surface area contributed by atoms with Gasteiger partial charge in [-0.05, 0) is 24.8 Å². The standard InChI is InChI=1S/C10H16O3/c1-4-10(5-6-10)13-9(11)12-7-8(2)3/h4,8H,1,5-7H2,2-3H3. The third kappa shape index (κ3) is 3.09. The molecular weight excluding hydrogens is 168 g/mol. The van der Waals surface area contributed by atoms with Gasteiger partial charge in [0.05, 0.1) is 6.61 Å². The first-order valence-corrected chi connectivity index (χ1v) is 4.57. The Kier molecular flexibility index (Phi) is 2.96. The minimum Gasteiger partial charge on any atom is -0.434 e. The average molecular weight is 184 g/mol. The average Bonchev–Trinajstić information content (AvgIpc) is 2.82. The molecule has 74 valence electrons. The van der Waals surface area contributed by atoms with Crippen molar-refractivity contribution in [3.8, 4) is 0 Å². The van der Waals surface area contributed by atoms with E-state index >= 15 is 0 Å². The van der Waals surface area contributed by atoms with E-state index in [-0.39, 0.29) is 0 Å². The monoisotopic (exact) mass is 184 g/mol. The van der Waals surface area contributed by atoms with Gasteiger partial charge >= 0.3 is 6.16 Å². The maximum atomic E-state index is 11.1. The highest BCUT2D eigenvalue weighted by molar-refractivity contribution is 5.61. The van der Waals surface area contributed by atoms with E-state index in [2.05, 4.69) is 6.58 Å². The normalized spacial score (nSPS) is 18.1. The highest BCUT2D eigenvalue weighted by Crippen LogP contribution is 2.40. The van der Waals surface area contributed by atoms with E-state index in [4.69, 9.17) is 9.47 Å². The molecule has 1 fully saturated rings. The van der Waals surface area contributed by atoms with Gasteiger partial charge < -0.3 is 9.47 Å². The van der Waals surface area contributed by atoms with Crippen molar-refractivity contribution in [2.24, 2.45) is 5.92 Å². The highest BCUT2D eigenvalue weighted by Gasteiger charge is 2.44. The van der Waals surface area contributed by atoms with Crippen molar-refractivity contribution in [3.63, 3.8) is 0 Å². The quantitative estimate of drug-likeness (QED) is 0.497. The third-order valence-corrected chi connectivity index (χ3v) is 1.94. The van der Waals surface area contributed by atoms with Gasteiger partial charge in [0.25, 0.3) is 0 Å². The van der Waals surface area contributed by atoms with E-state index in [0.29, 0.717) is 12.5 Å². The van der Waals surface area contributed by atoms with Crippen LogP contribution in [0.4, 0.5) is 4.79 Å². The first kappa shape index (κ1) is 10.1. The number of ether oxygens (including phenoxy) is 2. The van der Waals surface area contributed by atoms with Crippen LogP contribution in [0.2, 0.25) is 0 Å². The smallest absolute Gasteiger partial charge is 0.434 e. The Morgan fingerprint density at radius 2 is 2.23 bits per heavy atom. The molecule has 13 heavy (non-hydrogen) atoms. The largest absolute Gasteiger partial charge is 0.509 e. The SMILES string of the molecule is C=CC1(OC(=O)OCC(C)C)CC1. The van der Waals surface area contributed by atoms with E-state index < -0.39 is 11.8 Å². The molecule has 0 N–H and O–H groups in total. The molecule has 0 saturated heterocycles. The first-order valence-electron chi connectivity index (χ1n) is 4.57. The van der Waals surface area contributed by atoms with Crippen LogP contribution < -0.4 is 0 Å². The van der Waals surface area contributed by atoms with Crippen molar-refractivity contribution < 1.29 is 14.3 Å². The molecule has 3 nitrogen and oxygen atoms in total. The number of carbonyl (C=O) groups excluding carboxylic acids is 1. The van der Waals surface area contributed by atoms with E-state index in [1.54, 1.807) is 6.08 Å². The molecule has 0 spiro atoms. The molecule has 0 aromatic carbocycles. The summed E-state index contributed by atoms with van der Waals surface area (Å²) in [6, 6.07) is 0. The number of carbonyl (C=O) groups is 1. The fourth-order valence-corrected chi connectivity index (χ4v) is 0.901. The summed E-state index contributed by atoms with van der Waals surface area (Å²) >= 11 is 0. The van der Waals surface area contributed by atoms with E-state index in [0.717, 1.165) is 12.8 Å². The maximum Gasteiger partial charge on any atom is 0.509 e. The van der Waals surface area contributed by atoms with Crippen LogP contribution in [0.1, 0.15) is 26.7 Å². The summed E-state index contributed by atoms with van der Waals surface area (Å²) in [5.41, 5.74) is -0.409. The van der Waals surface area contributed by atoms with Gasteiger partial charge in [0, 0.05) is 0 Å². The number of hydrogen-bond acceptors (Lipinski definition) is 3. The zero-order valence-corrected chi connectivity index (χ0v) is 8.21. The van der Waals surface area contributed by atoms with Gasteiger partial charge in [0.2, 0.25) is 0 Å². The summed E-state index contributed by atoms with van der Waals surface area (Å²) in [5, 5.41) is 0. The summed E-state index contributed by atoms with van der Waals surface area (Å²) in [6.07, 6.45) is 2.83. The fraction of sp³-hybridized carbons (Fsp3) is 0.700. The predicted molar refractivity (Wildman–Crippen MR) is 49.4 cm³/mol. The third-order valence-electron chi connectivity index (χ3n) is 1.94. The second-order valence-corrected chi connectivity index (χ2v) is 3.83. The van der Waals surface area contributed by atoms with Crippen LogP contribution in [0, 0.1) is 5.92 Å². The molecule has 0 unspecified atom stereocenters. The van der Waals surface area contributed by atoms with Crippen molar-refractivity contribution in [1.82, 2.24) is 0 Å². The van der Waals surface area contributed by atoms with Gasteiger partial charge in [0.15, 0.2) is 0 Å². The minimum atomic E-state index is -0.578. The van der Waals surface area contributed by atoms with Gasteiger partial charge in [-0.15, -0.1) is 0 Å². The van der Waals surface area contributed by atoms with Crippen LogP contribution in [-0.2, 0) is 9.47 Å². The van der Waals surface area contributed by atoms with E-state index in [9.17, 15) is 4.79 Å². The van der Waals surface area contributed by atoms with Crippen LogP contribution in [0.15, 0.2) is 12.7 Å². The Hall–Kier alpha value is -0.990. The van der Waals surface area contributed by atoms with Gasteiger partial charge in [-0.3, -0.25) is 0 Å². The summed E-state index contributed by atoms with van der Waals surface area (Å²) in [5.74, 6) is 0.339. The molecule has 1 rings (SSSR count). The molecule has 1 saturated carbocycles. The lowest BCUT2D eigenvalue weighted by Gasteiger charge is -2.12. The van der Waals surface area contributed by atoms with Crippen molar-refractivity contribution in [2.75, 3.05) is 6.61 Å². The topological polar surface area (TPSA) is 35.5 Å². The highest BCUT2D eigenvalue weighted by atomic mass is 16.7. The first-order chi connectivity index (χ1) is 6.08. The van der Waals surface area contributed by atoms with Crippen LogP contribution in [0.25, 0.3) is 0 Å². The summed E-state index contributed by atoms with van der Waals surface area (Å²) < 4.78 is 9.94. The Morgan fingerprint density at radius 1 is 1.62 bits per heavy atom. The van der Waals surface area contributed by atoms with Crippen molar-refractivity contribution in [2.45, 2.75) is 32.3 Å². The van der Waals surface area contributed by atoms with Gasteiger partial charge in [-0.25, -0.2) is 4.79 Å². The van der Waals surface area contributed by atoms with Crippen molar-refractivity contribution in [3.05, 3.63) is 12.7 Å². The lowest BCUT2D eigenvalue weighted by atomic mass is 10.2. The van der Waals surface area contributed by atoms with Crippen LogP contribution in [-0.4, -0.2) is 18.4 Å². The number of hydrogen-bond donors (Lipinski definition) is 0. The molecule has 1 aliphatic rings. The molecule has 0 bridgehead atoms. The molecular formula is C10H16O3. The second kappa shape index (κ2) is 3.81. The fourth-order valence-electron chi connectivity index (χ4n) is 0.901. The lowest BCUT2D eigenvalue weighted by molar-refractivity contribution is 0.0231. The Bertz CT molecular complexity index is 204. The molecule has 0 heterocycles.